The minimum Gasteiger partial charge on any atom is -0.327 e. The van der Waals surface area contributed by atoms with Crippen molar-refractivity contribution in [2.24, 2.45) is 5.73 Å². The minimum atomic E-state index is -0.276. The summed E-state index contributed by atoms with van der Waals surface area (Å²) >= 11 is 0. The van der Waals surface area contributed by atoms with Gasteiger partial charge in [0.25, 0.3) is 0 Å². The molecule has 90 valence electrons. The molecule has 0 aromatic heterocycles. The minimum absolute atomic E-state index is 0.159. The van der Waals surface area contributed by atoms with E-state index in [4.69, 9.17) is 5.73 Å². The van der Waals surface area contributed by atoms with E-state index in [9.17, 15) is 9.59 Å². The van der Waals surface area contributed by atoms with Gasteiger partial charge in [0, 0.05) is 26.6 Å². The fourth-order valence-electron chi connectivity index (χ4n) is 1.78. The van der Waals surface area contributed by atoms with E-state index >= 15 is 0 Å². The lowest BCUT2D eigenvalue weighted by atomic mass is 10.1. The number of anilines is 1. The van der Waals surface area contributed by atoms with Crippen LogP contribution in [0, 0.1) is 0 Å². The van der Waals surface area contributed by atoms with Crippen LogP contribution in [0.4, 0.5) is 10.5 Å². The predicted molar refractivity (Wildman–Crippen MR) is 64.5 cm³/mol. The summed E-state index contributed by atoms with van der Waals surface area (Å²) in [5, 5.41) is 0. The molecule has 2 N–H and O–H groups in total. The summed E-state index contributed by atoms with van der Waals surface area (Å²) in [4.78, 5) is 26.4. The lowest BCUT2D eigenvalue weighted by Gasteiger charge is -2.31. The number of hydrogen-bond donors (Lipinski definition) is 1. The molecule has 0 radical (unpaired) electrons. The van der Waals surface area contributed by atoms with Gasteiger partial charge < -0.3 is 10.6 Å². The third kappa shape index (κ3) is 2.14. The van der Waals surface area contributed by atoms with Crippen LogP contribution in [-0.2, 0) is 11.3 Å². The smallest absolute Gasteiger partial charge is 0.327 e. The van der Waals surface area contributed by atoms with Crippen molar-refractivity contribution in [1.29, 1.82) is 0 Å². The van der Waals surface area contributed by atoms with Gasteiger partial charge >= 0.3 is 6.03 Å². The van der Waals surface area contributed by atoms with E-state index in [0.717, 1.165) is 5.56 Å². The van der Waals surface area contributed by atoms with E-state index in [1.807, 2.05) is 12.1 Å². The molecule has 1 aliphatic heterocycles. The Balaban J connectivity index is 2.29. The lowest BCUT2D eigenvalue weighted by molar-refractivity contribution is -0.119. The van der Waals surface area contributed by atoms with E-state index in [0.29, 0.717) is 25.2 Å². The highest BCUT2D eigenvalue weighted by Gasteiger charge is 2.30. The maximum atomic E-state index is 11.9. The van der Waals surface area contributed by atoms with Gasteiger partial charge in [0.05, 0.1) is 5.69 Å². The first-order valence-electron chi connectivity index (χ1n) is 5.50. The molecule has 1 heterocycles. The number of nitrogens with two attached hydrogens (primary N) is 1. The lowest BCUT2D eigenvalue weighted by Crippen LogP contribution is -2.50. The summed E-state index contributed by atoms with van der Waals surface area (Å²) in [6.07, 6.45) is 0.362. The highest BCUT2D eigenvalue weighted by molar-refractivity contribution is 6.15. The maximum absolute atomic E-state index is 11.9. The van der Waals surface area contributed by atoms with E-state index in [-0.39, 0.29) is 11.9 Å². The number of imide groups is 1. The molecular formula is C12H15N3O2. The van der Waals surface area contributed by atoms with Crippen LogP contribution in [-0.4, -0.2) is 30.4 Å². The number of carbonyl (C=O) groups excluding carboxylic acids is 2. The Morgan fingerprint density at radius 2 is 1.88 bits per heavy atom. The average Bonchev–Trinajstić information content (AvgIpc) is 2.35. The van der Waals surface area contributed by atoms with Crippen molar-refractivity contribution in [2.45, 2.75) is 13.0 Å². The second-order valence-corrected chi connectivity index (χ2v) is 4.05. The van der Waals surface area contributed by atoms with Crippen LogP contribution in [0.25, 0.3) is 0 Å². The highest BCUT2D eigenvalue weighted by atomic mass is 16.2. The molecule has 0 saturated carbocycles. The van der Waals surface area contributed by atoms with Gasteiger partial charge in [-0.25, -0.2) is 9.69 Å². The fraction of sp³-hybridized carbons (Fsp3) is 0.333. The van der Waals surface area contributed by atoms with Crippen molar-refractivity contribution in [2.75, 3.05) is 18.5 Å². The Hall–Kier alpha value is -1.88. The standard InChI is InChI=1S/C12H15N3O2/c1-14-7-6-11(16)15(12(14)17)10-4-2-9(8-13)3-5-10/h2-5H,6-8,13H2,1H3. The van der Waals surface area contributed by atoms with Crippen molar-refractivity contribution in [1.82, 2.24) is 4.90 Å². The van der Waals surface area contributed by atoms with Gasteiger partial charge in [-0.2, -0.15) is 0 Å². The molecule has 5 heteroatoms. The first-order valence-corrected chi connectivity index (χ1v) is 5.50. The summed E-state index contributed by atoms with van der Waals surface area (Å²) in [6, 6.07) is 6.87. The molecule has 1 saturated heterocycles. The molecule has 1 aromatic carbocycles. The first-order chi connectivity index (χ1) is 8.13. The highest BCUT2D eigenvalue weighted by Crippen LogP contribution is 2.20. The molecule has 1 fully saturated rings. The van der Waals surface area contributed by atoms with Crippen LogP contribution in [0.3, 0.4) is 0 Å². The summed E-state index contributed by atoms with van der Waals surface area (Å²) in [5.41, 5.74) is 7.07. The van der Waals surface area contributed by atoms with Crippen molar-refractivity contribution >= 4 is 17.6 Å². The Labute approximate surface area is 99.8 Å². The van der Waals surface area contributed by atoms with Crippen LogP contribution in [0.2, 0.25) is 0 Å². The van der Waals surface area contributed by atoms with Gasteiger partial charge in [-0.1, -0.05) is 12.1 Å². The summed E-state index contributed by atoms with van der Waals surface area (Å²) in [5.74, 6) is -0.159. The predicted octanol–water partition coefficient (Wildman–Crippen LogP) is 0.934. The van der Waals surface area contributed by atoms with Crippen LogP contribution in [0.1, 0.15) is 12.0 Å². The van der Waals surface area contributed by atoms with E-state index in [1.165, 1.54) is 9.80 Å². The number of rotatable bonds is 2. The van der Waals surface area contributed by atoms with E-state index in [2.05, 4.69) is 0 Å². The molecule has 0 unspecified atom stereocenters. The fourth-order valence-corrected chi connectivity index (χ4v) is 1.78. The summed E-state index contributed by atoms with van der Waals surface area (Å²) in [6.45, 7) is 0.928. The van der Waals surface area contributed by atoms with Gasteiger partial charge in [0.15, 0.2) is 0 Å². The second kappa shape index (κ2) is 4.55. The maximum Gasteiger partial charge on any atom is 0.331 e. The number of benzene rings is 1. The van der Waals surface area contributed by atoms with E-state index in [1.54, 1.807) is 19.2 Å². The van der Waals surface area contributed by atoms with Crippen LogP contribution in [0.15, 0.2) is 24.3 Å². The molecule has 0 spiro atoms. The SMILES string of the molecule is CN1CCC(=O)N(c2ccc(CN)cc2)C1=O. The summed E-state index contributed by atoms with van der Waals surface area (Å²) < 4.78 is 0. The molecule has 0 aliphatic carbocycles. The van der Waals surface area contributed by atoms with Gasteiger partial charge in [-0.3, -0.25) is 4.79 Å². The van der Waals surface area contributed by atoms with E-state index < -0.39 is 0 Å². The normalized spacial score (nSPS) is 16.6. The zero-order chi connectivity index (χ0) is 12.4. The quantitative estimate of drug-likeness (QED) is 0.826. The first kappa shape index (κ1) is 11.6. The number of hydrogen-bond acceptors (Lipinski definition) is 3. The number of urea groups is 1. The Bertz CT molecular complexity index is 442. The molecule has 5 nitrogen and oxygen atoms in total. The zero-order valence-electron chi connectivity index (χ0n) is 9.72. The molecule has 1 aliphatic rings. The molecule has 3 amide bonds. The molecule has 0 bridgehead atoms. The van der Waals surface area contributed by atoms with Crippen LogP contribution < -0.4 is 10.6 Å². The number of nitrogens with zero attached hydrogens (tertiary/aromatic N) is 2. The third-order valence-corrected chi connectivity index (χ3v) is 2.86. The summed E-state index contributed by atoms with van der Waals surface area (Å²) in [7, 11) is 1.69. The van der Waals surface area contributed by atoms with Gasteiger partial charge in [0.1, 0.15) is 0 Å². The molecule has 2 rings (SSSR count). The van der Waals surface area contributed by atoms with Crippen molar-refractivity contribution in [3.05, 3.63) is 29.8 Å². The van der Waals surface area contributed by atoms with Crippen molar-refractivity contribution < 1.29 is 9.59 Å². The monoisotopic (exact) mass is 233 g/mol. The molecule has 0 atom stereocenters. The molecule has 17 heavy (non-hydrogen) atoms. The molecular weight excluding hydrogens is 218 g/mol. The molecule has 1 aromatic rings. The third-order valence-electron chi connectivity index (χ3n) is 2.86. The largest absolute Gasteiger partial charge is 0.331 e. The number of carbonyl (C=O) groups is 2. The van der Waals surface area contributed by atoms with Gasteiger partial charge in [-0.15, -0.1) is 0 Å². The Morgan fingerprint density at radius 1 is 1.24 bits per heavy atom. The Morgan fingerprint density at radius 3 is 2.47 bits per heavy atom. The van der Waals surface area contributed by atoms with Crippen LogP contribution >= 0.6 is 0 Å². The second-order valence-electron chi connectivity index (χ2n) is 4.05. The number of amides is 3. The zero-order valence-corrected chi connectivity index (χ0v) is 9.72. The van der Waals surface area contributed by atoms with Crippen molar-refractivity contribution in [3.8, 4) is 0 Å². The topological polar surface area (TPSA) is 66.6 Å². The average molecular weight is 233 g/mol. The van der Waals surface area contributed by atoms with Gasteiger partial charge in [-0.05, 0) is 17.7 Å². The van der Waals surface area contributed by atoms with Crippen LogP contribution in [0.5, 0.6) is 0 Å². The van der Waals surface area contributed by atoms with Crippen molar-refractivity contribution in [3.63, 3.8) is 0 Å². The Kier molecular flexibility index (Phi) is 3.10. The van der Waals surface area contributed by atoms with Gasteiger partial charge in [0.2, 0.25) is 5.91 Å².